The van der Waals surface area contributed by atoms with E-state index in [4.69, 9.17) is 4.98 Å². The average molecular weight is 489 g/mol. The number of pyridine rings is 1. The molecule has 0 aliphatic heterocycles. The molecule has 3 rings (SSSR count). The van der Waals surface area contributed by atoms with Gasteiger partial charge in [-0.15, -0.1) is 0 Å². The van der Waals surface area contributed by atoms with Crippen LogP contribution in [0.5, 0.6) is 0 Å². The van der Waals surface area contributed by atoms with E-state index >= 15 is 0 Å². The highest BCUT2D eigenvalue weighted by molar-refractivity contribution is 14.1. The van der Waals surface area contributed by atoms with E-state index in [9.17, 15) is 5.26 Å². The Hall–Kier alpha value is -1.71. The lowest BCUT2D eigenvalue weighted by Gasteiger charge is -2.13. The molecule has 0 spiro atoms. The number of rotatable bonds is 4. The Kier molecular flexibility index (Phi) is 5.64. The maximum atomic E-state index is 9.45. The Balaban J connectivity index is 2.24. The fraction of sp³-hybridized carbons (Fsp3) is 0.100. The molecule has 4 heteroatoms. The first kappa shape index (κ1) is 17.1. The van der Waals surface area contributed by atoms with E-state index in [-0.39, 0.29) is 0 Å². The van der Waals surface area contributed by atoms with Gasteiger partial charge in [0.25, 0.3) is 0 Å². The summed E-state index contributed by atoms with van der Waals surface area (Å²) in [5, 5.41) is 10.3. The lowest BCUT2D eigenvalue weighted by molar-refractivity contribution is 1.18. The highest BCUT2D eigenvalue weighted by Gasteiger charge is 2.14. The summed E-state index contributed by atoms with van der Waals surface area (Å²) in [6.07, 6.45) is 0. The smallest absolute Gasteiger partial charge is 0.101 e. The van der Waals surface area contributed by atoms with E-state index in [0.29, 0.717) is 9.99 Å². The number of hydrogen-bond acceptors (Lipinski definition) is 2. The largest absolute Gasteiger partial charge is 0.250 e. The molecule has 0 radical (unpaired) electrons. The van der Waals surface area contributed by atoms with Gasteiger partial charge in [-0.2, -0.15) is 5.26 Å². The molecule has 1 aromatic heterocycles. The van der Waals surface area contributed by atoms with Crippen molar-refractivity contribution in [3.63, 3.8) is 0 Å². The van der Waals surface area contributed by atoms with E-state index in [0.717, 1.165) is 33.4 Å². The van der Waals surface area contributed by atoms with E-state index in [2.05, 4.69) is 81.0 Å². The molecule has 0 saturated carbocycles. The van der Waals surface area contributed by atoms with E-state index in [1.165, 1.54) is 5.56 Å². The van der Waals surface area contributed by atoms with Crippen LogP contribution in [0.4, 0.5) is 0 Å². The Morgan fingerprint density at radius 1 is 1.00 bits per heavy atom. The van der Waals surface area contributed by atoms with Crippen LogP contribution in [0.3, 0.4) is 0 Å². The molecule has 2 nitrogen and oxygen atoms in total. The van der Waals surface area contributed by atoms with Crippen LogP contribution in [0.2, 0.25) is 0 Å². The lowest BCUT2D eigenvalue weighted by Crippen LogP contribution is -1.98. The van der Waals surface area contributed by atoms with Crippen molar-refractivity contribution in [2.45, 2.75) is 9.76 Å². The number of benzene rings is 2. The van der Waals surface area contributed by atoms with Crippen molar-refractivity contribution in [2.75, 3.05) is 0 Å². The SMILES string of the molecule is N#Cc1cc(-c2ccccc2)c(-c2ccc(CBr)cc2)nc1CI. The summed E-state index contributed by atoms with van der Waals surface area (Å²) in [6, 6.07) is 22.7. The molecule has 24 heavy (non-hydrogen) atoms. The Morgan fingerprint density at radius 3 is 2.29 bits per heavy atom. The quantitative estimate of drug-likeness (QED) is 0.327. The molecule has 0 bridgehead atoms. The predicted octanol–water partition coefficient (Wildman–Crippen LogP) is 6.12. The number of nitrogens with zero attached hydrogens (tertiary/aromatic N) is 2. The third-order valence-electron chi connectivity index (χ3n) is 3.81. The minimum atomic E-state index is 0.643. The van der Waals surface area contributed by atoms with Gasteiger partial charge in [0.15, 0.2) is 0 Å². The molecule has 2 aromatic carbocycles. The Morgan fingerprint density at radius 2 is 1.71 bits per heavy atom. The molecule has 0 unspecified atom stereocenters. The molecule has 0 saturated heterocycles. The van der Waals surface area contributed by atoms with Gasteiger partial charge in [0.05, 0.1) is 17.0 Å². The van der Waals surface area contributed by atoms with Crippen molar-refractivity contribution >= 4 is 38.5 Å². The minimum absolute atomic E-state index is 0.643. The second-order valence-electron chi connectivity index (χ2n) is 5.32. The van der Waals surface area contributed by atoms with Crippen LogP contribution in [0.1, 0.15) is 16.8 Å². The molecule has 3 aromatic rings. The van der Waals surface area contributed by atoms with E-state index in [1.54, 1.807) is 0 Å². The van der Waals surface area contributed by atoms with Gasteiger partial charge in [-0.3, -0.25) is 0 Å². The zero-order valence-corrected chi connectivity index (χ0v) is 16.6. The summed E-state index contributed by atoms with van der Waals surface area (Å²) < 4.78 is 0.711. The topological polar surface area (TPSA) is 36.7 Å². The maximum absolute atomic E-state index is 9.45. The van der Waals surface area contributed by atoms with Crippen LogP contribution in [0.25, 0.3) is 22.4 Å². The molecule has 0 aliphatic carbocycles. The van der Waals surface area contributed by atoms with Crippen molar-refractivity contribution in [1.29, 1.82) is 5.26 Å². The first-order valence-corrected chi connectivity index (χ1v) is 10.1. The standard InChI is InChI=1S/C20H14BrIN2/c21-11-14-6-8-16(9-7-14)20-18(15-4-2-1-3-5-15)10-17(13-23)19(12-22)24-20/h1-10H,11-12H2. The van der Waals surface area contributed by atoms with Crippen LogP contribution in [0.15, 0.2) is 60.7 Å². The molecular formula is C20H14BrIN2. The number of alkyl halides is 2. The first-order chi connectivity index (χ1) is 11.8. The minimum Gasteiger partial charge on any atom is -0.250 e. The van der Waals surface area contributed by atoms with Crippen LogP contribution in [-0.2, 0) is 9.76 Å². The molecular weight excluding hydrogens is 475 g/mol. The fourth-order valence-corrected chi connectivity index (χ4v) is 3.51. The molecule has 0 aliphatic rings. The van der Waals surface area contributed by atoms with Gasteiger partial charge < -0.3 is 0 Å². The average Bonchev–Trinajstić information content (AvgIpc) is 2.67. The Labute approximate surface area is 163 Å². The van der Waals surface area contributed by atoms with Crippen LogP contribution >= 0.6 is 38.5 Å². The second-order valence-corrected chi connectivity index (χ2v) is 6.64. The zero-order chi connectivity index (χ0) is 16.9. The third kappa shape index (κ3) is 3.52. The summed E-state index contributed by atoms with van der Waals surface area (Å²) in [7, 11) is 0. The normalized spacial score (nSPS) is 10.4. The van der Waals surface area contributed by atoms with Gasteiger partial charge in [-0.25, -0.2) is 4.98 Å². The van der Waals surface area contributed by atoms with E-state index < -0.39 is 0 Å². The third-order valence-corrected chi connectivity index (χ3v) is 5.18. The number of halogens is 2. The summed E-state index contributed by atoms with van der Waals surface area (Å²) >= 11 is 5.73. The van der Waals surface area contributed by atoms with Crippen LogP contribution in [-0.4, -0.2) is 4.98 Å². The van der Waals surface area contributed by atoms with Gasteiger partial charge in [-0.05, 0) is 17.2 Å². The summed E-state index contributed by atoms with van der Waals surface area (Å²) in [5.74, 6) is 0. The van der Waals surface area contributed by atoms with Gasteiger partial charge in [0.1, 0.15) is 6.07 Å². The van der Waals surface area contributed by atoms with Crippen molar-refractivity contribution < 1.29 is 0 Å². The maximum Gasteiger partial charge on any atom is 0.101 e. The van der Waals surface area contributed by atoms with E-state index in [1.807, 2.05) is 24.3 Å². The lowest BCUT2D eigenvalue weighted by atomic mass is 9.96. The Bertz CT molecular complexity index is 884. The number of nitriles is 1. The molecule has 0 atom stereocenters. The van der Waals surface area contributed by atoms with Gasteiger partial charge in [0.2, 0.25) is 0 Å². The molecule has 1 heterocycles. The van der Waals surface area contributed by atoms with Crippen molar-refractivity contribution in [3.8, 4) is 28.5 Å². The second kappa shape index (κ2) is 7.91. The first-order valence-electron chi connectivity index (χ1n) is 7.47. The van der Waals surface area contributed by atoms with Crippen molar-refractivity contribution in [2.24, 2.45) is 0 Å². The zero-order valence-electron chi connectivity index (χ0n) is 12.8. The predicted molar refractivity (Wildman–Crippen MR) is 110 cm³/mol. The van der Waals surface area contributed by atoms with Crippen LogP contribution in [0, 0.1) is 11.3 Å². The number of hydrogen-bond donors (Lipinski definition) is 0. The molecule has 0 fully saturated rings. The summed E-state index contributed by atoms with van der Waals surface area (Å²) in [5.41, 5.74) is 6.75. The van der Waals surface area contributed by atoms with Crippen molar-refractivity contribution in [1.82, 2.24) is 4.98 Å². The monoisotopic (exact) mass is 488 g/mol. The van der Waals surface area contributed by atoms with Gasteiger partial charge in [0, 0.05) is 20.9 Å². The summed E-state index contributed by atoms with van der Waals surface area (Å²) in [4.78, 5) is 4.82. The highest BCUT2D eigenvalue weighted by Crippen LogP contribution is 2.33. The molecule has 0 amide bonds. The van der Waals surface area contributed by atoms with Crippen molar-refractivity contribution in [3.05, 3.63) is 77.5 Å². The fourth-order valence-electron chi connectivity index (χ4n) is 2.56. The van der Waals surface area contributed by atoms with Crippen LogP contribution < -0.4 is 0 Å². The molecule has 0 N–H and O–H groups in total. The summed E-state index contributed by atoms with van der Waals surface area (Å²) in [6.45, 7) is 0. The highest BCUT2D eigenvalue weighted by atomic mass is 127. The van der Waals surface area contributed by atoms with Gasteiger partial charge in [-0.1, -0.05) is 93.1 Å². The van der Waals surface area contributed by atoms with Gasteiger partial charge >= 0.3 is 0 Å². The number of aromatic nitrogens is 1. The molecule has 118 valence electrons.